The van der Waals surface area contributed by atoms with E-state index in [-0.39, 0.29) is 17.1 Å². The van der Waals surface area contributed by atoms with Crippen molar-refractivity contribution in [2.24, 2.45) is 0 Å². The van der Waals surface area contributed by atoms with Gasteiger partial charge in [0.25, 0.3) is 10.0 Å². The first-order valence-electron chi connectivity index (χ1n) is 7.82. The van der Waals surface area contributed by atoms with Crippen molar-refractivity contribution >= 4 is 16.0 Å². The van der Waals surface area contributed by atoms with Gasteiger partial charge in [0.05, 0.1) is 13.7 Å². The molecular weight excluding hydrogens is 349 g/mol. The molecule has 0 spiro atoms. The van der Waals surface area contributed by atoms with E-state index in [1.165, 1.54) is 34.4 Å². The summed E-state index contributed by atoms with van der Waals surface area (Å²) in [5, 5.41) is 3.76. The van der Waals surface area contributed by atoms with E-state index in [4.69, 9.17) is 0 Å². The highest BCUT2D eigenvalue weighted by molar-refractivity contribution is 7.89. The Labute approximate surface area is 145 Å². The average Bonchev–Trinajstić information content (AvgIpc) is 3.24. The second kappa shape index (κ2) is 6.93. The van der Waals surface area contributed by atoms with Gasteiger partial charge in [0.1, 0.15) is 11.4 Å². The van der Waals surface area contributed by atoms with Gasteiger partial charge in [-0.05, 0) is 30.5 Å². The number of carbonyl (C=O) groups excluding carboxylic acids is 1. The first-order valence-corrected chi connectivity index (χ1v) is 9.26. The van der Waals surface area contributed by atoms with Crippen molar-refractivity contribution < 1.29 is 22.3 Å². The zero-order valence-corrected chi connectivity index (χ0v) is 14.5. The van der Waals surface area contributed by atoms with Gasteiger partial charge < -0.3 is 4.74 Å². The van der Waals surface area contributed by atoms with Crippen molar-refractivity contribution in [2.45, 2.75) is 24.4 Å². The van der Waals surface area contributed by atoms with Gasteiger partial charge in [0, 0.05) is 19.3 Å². The molecule has 0 aliphatic carbocycles. The van der Waals surface area contributed by atoms with Crippen molar-refractivity contribution in [1.82, 2.24) is 14.1 Å². The molecule has 1 aromatic carbocycles. The van der Waals surface area contributed by atoms with Gasteiger partial charge in [0.2, 0.25) is 5.03 Å². The summed E-state index contributed by atoms with van der Waals surface area (Å²) in [4.78, 5) is 12.0. The second-order valence-corrected chi connectivity index (χ2v) is 7.63. The molecule has 25 heavy (non-hydrogen) atoms. The number of ether oxygens (including phenoxy) is 1. The quantitative estimate of drug-likeness (QED) is 0.751. The zero-order valence-electron chi connectivity index (χ0n) is 13.7. The molecule has 2 aromatic rings. The Morgan fingerprint density at radius 1 is 1.32 bits per heavy atom. The van der Waals surface area contributed by atoms with Crippen LogP contribution in [-0.2, 0) is 21.3 Å². The molecule has 9 heteroatoms. The Morgan fingerprint density at radius 3 is 2.68 bits per heavy atom. The number of methoxy groups -OCH3 is 1. The third kappa shape index (κ3) is 3.57. The molecule has 1 aliphatic rings. The molecule has 0 saturated carbocycles. The molecule has 0 unspecified atom stereocenters. The van der Waals surface area contributed by atoms with Crippen LogP contribution in [0.4, 0.5) is 4.39 Å². The number of hydrogen-bond donors (Lipinski definition) is 0. The average molecular weight is 367 g/mol. The van der Waals surface area contributed by atoms with Crippen molar-refractivity contribution in [3.8, 4) is 0 Å². The van der Waals surface area contributed by atoms with Gasteiger partial charge in [-0.25, -0.2) is 17.6 Å². The fourth-order valence-electron chi connectivity index (χ4n) is 2.80. The lowest BCUT2D eigenvalue weighted by Crippen LogP contribution is -2.29. The summed E-state index contributed by atoms with van der Waals surface area (Å²) in [6, 6.07) is 5.89. The molecule has 0 radical (unpaired) electrons. The van der Waals surface area contributed by atoms with Gasteiger partial charge in [0.15, 0.2) is 0 Å². The number of nitrogens with zero attached hydrogens (tertiary/aromatic N) is 3. The standard InChI is InChI=1S/C16H18FN3O4S/c1-24-16(21)14-11-19(10-12-5-4-6-13(17)9-12)18-15(14)25(22,23)20-7-2-3-8-20/h4-6,9,11H,2-3,7-8,10H2,1H3. The van der Waals surface area contributed by atoms with Crippen LogP contribution < -0.4 is 0 Å². The molecule has 0 atom stereocenters. The maximum Gasteiger partial charge on any atom is 0.342 e. The van der Waals surface area contributed by atoms with Gasteiger partial charge in [-0.2, -0.15) is 9.40 Å². The summed E-state index contributed by atoms with van der Waals surface area (Å²) in [6.45, 7) is 0.941. The normalized spacial score (nSPS) is 15.4. The van der Waals surface area contributed by atoms with Crippen LogP contribution in [0.25, 0.3) is 0 Å². The van der Waals surface area contributed by atoms with Crippen LogP contribution in [0.5, 0.6) is 0 Å². The topological polar surface area (TPSA) is 81.5 Å². The summed E-state index contributed by atoms with van der Waals surface area (Å²) < 4.78 is 46.2. The van der Waals surface area contributed by atoms with Crippen molar-refractivity contribution in [3.63, 3.8) is 0 Å². The van der Waals surface area contributed by atoms with Crippen molar-refractivity contribution in [2.75, 3.05) is 20.2 Å². The smallest absolute Gasteiger partial charge is 0.342 e. The number of sulfonamides is 1. The van der Waals surface area contributed by atoms with E-state index in [1.54, 1.807) is 12.1 Å². The third-order valence-corrected chi connectivity index (χ3v) is 5.85. The maximum atomic E-state index is 13.3. The zero-order chi connectivity index (χ0) is 18.0. The van der Waals surface area contributed by atoms with Crippen molar-refractivity contribution in [3.05, 3.63) is 47.4 Å². The summed E-state index contributed by atoms with van der Waals surface area (Å²) in [7, 11) is -2.70. The number of hydrogen-bond acceptors (Lipinski definition) is 5. The second-order valence-electron chi connectivity index (χ2n) is 5.78. The highest BCUT2D eigenvalue weighted by atomic mass is 32.2. The number of carbonyl (C=O) groups is 1. The van der Waals surface area contributed by atoms with Crippen LogP contribution in [0.3, 0.4) is 0 Å². The largest absolute Gasteiger partial charge is 0.465 e. The molecular formula is C16H18FN3O4S. The van der Waals surface area contributed by atoms with Crippen molar-refractivity contribution in [1.29, 1.82) is 0 Å². The Morgan fingerprint density at radius 2 is 2.04 bits per heavy atom. The summed E-state index contributed by atoms with van der Waals surface area (Å²) in [6.07, 6.45) is 2.87. The van der Waals surface area contributed by atoms with Gasteiger partial charge >= 0.3 is 5.97 Å². The van der Waals surface area contributed by atoms with E-state index >= 15 is 0 Å². The van der Waals surface area contributed by atoms with E-state index in [0.29, 0.717) is 18.7 Å². The van der Waals surface area contributed by atoms with Crippen LogP contribution in [0.2, 0.25) is 0 Å². The Hall–Kier alpha value is -2.26. The minimum atomic E-state index is -3.88. The van der Waals surface area contributed by atoms with Gasteiger partial charge in [-0.3, -0.25) is 4.68 Å². The molecule has 2 heterocycles. The summed E-state index contributed by atoms with van der Waals surface area (Å²) in [5.74, 6) is -1.17. The number of esters is 1. The highest BCUT2D eigenvalue weighted by Crippen LogP contribution is 2.23. The van der Waals surface area contributed by atoms with Crippen LogP contribution >= 0.6 is 0 Å². The Kier molecular flexibility index (Phi) is 4.87. The number of aromatic nitrogens is 2. The Bertz CT molecular complexity index is 889. The first kappa shape index (κ1) is 17.6. The fraction of sp³-hybridized carbons (Fsp3) is 0.375. The van der Waals surface area contributed by atoms with E-state index in [0.717, 1.165) is 12.8 Å². The van der Waals surface area contributed by atoms with Crippen LogP contribution in [-0.4, -0.2) is 48.7 Å². The molecule has 134 valence electrons. The monoisotopic (exact) mass is 367 g/mol. The lowest BCUT2D eigenvalue weighted by molar-refractivity contribution is 0.0596. The minimum Gasteiger partial charge on any atom is -0.465 e. The SMILES string of the molecule is COC(=O)c1cn(Cc2cccc(F)c2)nc1S(=O)(=O)N1CCCC1. The van der Waals surface area contributed by atoms with Gasteiger partial charge in [-0.15, -0.1) is 0 Å². The van der Waals surface area contributed by atoms with Crippen LogP contribution in [0.1, 0.15) is 28.8 Å². The summed E-state index contributed by atoms with van der Waals surface area (Å²) in [5.41, 5.74) is 0.481. The minimum absolute atomic E-state index is 0.120. The predicted molar refractivity (Wildman–Crippen MR) is 87.1 cm³/mol. The van der Waals surface area contributed by atoms with Crippen LogP contribution in [0, 0.1) is 5.82 Å². The Balaban J connectivity index is 1.99. The molecule has 1 aromatic heterocycles. The molecule has 7 nitrogen and oxygen atoms in total. The molecule has 0 amide bonds. The fourth-order valence-corrected chi connectivity index (χ4v) is 4.40. The van der Waals surface area contributed by atoms with E-state index in [1.807, 2.05) is 0 Å². The van der Waals surface area contributed by atoms with E-state index < -0.39 is 21.8 Å². The molecule has 0 bridgehead atoms. The number of benzene rings is 1. The number of rotatable bonds is 5. The third-order valence-electron chi connectivity index (χ3n) is 4.02. The van der Waals surface area contributed by atoms with E-state index in [9.17, 15) is 17.6 Å². The number of halogens is 1. The maximum absolute atomic E-state index is 13.3. The molecule has 0 N–H and O–H groups in total. The summed E-state index contributed by atoms with van der Waals surface area (Å²) >= 11 is 0. The first-order chi connectivity index (χ1) is 11.9. The highest BCUT2D eigenvalue weighted by Gasteiger charge is 2.34. The lowest BCUT2D eigenvalue weighted by Gasteiger charge is -2.14. The lowest BCUT2D eigenvalue weighted by atomic mass is 10.2. The molecule has 1 saturated heterocycles. The molecule has 3 rings (SSSR count). The van der Waals surface area contributed by atoms with E-state index in [2.05, 4.69) is 9.84 Å². The van der Waals surface area contributed by atoms with Gasteiger partial charge in [-0.1, -0.05) is 12.1 Å². The molecule has 1 aliphatic heterocycles. The predicted octanol–water partition coefficient (Wildman–Crippen LogP) is 1.64. The van der Waals surface area contributed by atoms with Crippen LogP contribution in [0.15, 0.2) is 35.5 Å². The molecule has 1 fully saturated rings.